The first kappa shape index (κ1) is 18.1. The molecule has 3 aromatic carbocycles. The highest BCUT2D eigenvalue weighted by atomic mass is 32.2. The van der Waals surface area contributed by atoms with Crippen molar-refractivity contribution < 1.29 is 8.42 Å². The van der Waals surface area contributed by atoms with Crippen LogP contribution < -0.4 is 4.90 Å². The van der Waals surface area contributed by atoms with Gasteiger partial charge in [0, 0.05) is 37.3 Å². The predicted octanol–water partition coefficient (Wildman–Crippen LogP) is 3.30. The van der Waals surface area contributed by atoms with Gasteiger partial charge < -0.3 is 9.80 Å². The zero-order valence-electron chi connectivity index (χ0n) is 16.2. The van der Waals surface area contributed by atoms with Crippen molar-refractivity contribution in [1.29, 1.82) is 0 Å². The molecule has 0 atom stereocenters. The number of fused-ring (bicyclic) bond motifs is 2. The molecule has 1 N–H and O–H groups in total. The van der Waals surface area contributed by atoms with Gasteiger partial charge in [0.15, 0.2) is 5.03 Å². The molecule has 1 aromatic heterocycles. The minimum Gasteiger partial charge on any atom is -0.369 e. The van der Waals surface area contributed by atoms with Gasteiger partial charge in [-0.05, 0) is 48.2 Å². The van der Waals surface area contributed by atoms with Gasteiger partial charge in [0.25, 0.3) is 0 Å². The summed E-state index contributed by atoms with van der Waals surface area (Å²) >= 11 is 0. The lowest BCUT2D eigenvalue weighted by atomic mass is 10.1. The SMILES string of the molecule is CN1CCN(c2ccc3n[nH]c(S(=O)(=O)c4ccc5ccccc5c4)c3c2)CC1. The van der Waals surface area contributed by atoms with Crippen LogP contribution in [-0.2, 0) is 9.84 Å². The molecule has 1 aliphatic heterocycles. The maximum absolute atomic E-state index is 13.4. The van der Waals surface area contributed by atoms with Crippen LogP contribution in [0.25, 0.3) is 21.7 Å². The zero-order valence-corrected chi connectivity index (χ0v) is 17.0. The number of hydrogen-bond acceptors (Lipinski definition) is 5. The van der Waals surface area contributed by atoms with Gasteiger partial charge in [0.1, 0.15) is 0 Å². The van der Waals surface area contributed by atoms with Crippen molar-refractivity contribution in [3.63, 3.8) is 0 Å². The molecule has 6 nitrogen and oxygen atoms in total. The van der Waals surface area contributed by atoms with Crippen LogP contribution in [0.2, 0.25) is 0 Å². The number of sulfone groups is 1. The lowest BCUT2D eigenvalue weighted by Gasteiger charge is -2.34. The molecule has 0 aliphatic carbocycles. The van der Waals surface area contributed by atoms with Gasteiger partial charge in [-0.15, -0.1) is 0 Å². The van der Waals surface area contributed by atoms with Crippen LogP contribution in [0.5, 0.6) is 0 Å². The van der Waals surface area contributed by atoms with E-state index in [9.17, 15) is 8.42 Å². The fraction of sp³-hybridized carbons (Fsp3) is 0.227. The van der Waals surface area contributed by atoms with E-state index in [2.05, 4.69) is 27.0 Å². The van der Waals surface area contributed by atoms with Crippen LogP contribution in [0.3, 0.4) is 0 Å². The van der Waals surface area contributed by atoms with Gasteiger partial charge >= 0.3 is 0 Å². The first-order valence-corrected chi connectivity index (χ1v) is 11.2. The molecule has 1 saturated heterocycles. The Morgan fingerprint density at radius 1 is 0.897 bits per heavy atom. The van der Waals surface area contributed by atoms with Crippen LogP contribution >= 0.6 is 0 Å². The second-order valence-electron chi connectivity index (χ2n) is 7.56. The van der Waals surface area contributed by atoms with Gasteiger partial charge in [0.05, 0.1) is 10.4 Å². The van der Waals surface area contributed by atoms with Crippen LogP contribution in [0, 0.1) is 0 Å². The lowest BCUT2D eigenvalue weighted by Crippen LogP contribution is -2.44. The first-order valence-electron chi connectivity index (χ1n) is 9.68. The largest absolute Gasteiger partial charge is 0.369 e. The number of nitrogens with one attached hydrogen (secondary N) is 1. The fourth-order valence-corrected chi connectivity index (χ4v) is 5.28. The number of hydrogen-bond donors (Lipinski definition) is 1. The molecule has 0 bridgehead atoms. The van der Waals surface area contributed by atoms with E-state index in [0.717, 1.165) is 42.6 Å². The van der Waals surface area contributed by atoms with Gasteiger partial charge in [-0.25, -0.2) is 8.42 Å². The summed E-state index contributed by atoms with van der Waals surface area (Å²) in [7, 11) is -1.60. The smallest absolute Gasteiger partial charge is 0.223 e. The molecule has 2 heterocycles. The van der Waals surface area contributed by atoms with Crippen LogP contribution in [-0.4, -0.2) is 56.7 Å². The summed E-state index contributed by atoms with van der Waals surface area (Å²) in [5.74, 6) is 0. The minimum atomic E-state index is -3.71. The molecule has 0 amide bonds. The Hall–Kier alpha value is -2.90. The molecule has 29 heavy (non-hydrogen) atoms. The third kappa shape index (κ3) is 3.16. The molecule has 0 unspecified atom stereocenters. The zero-order chi connectivity index (χ0) is 20.0. The number of piperazine rings is 1. The summed E-state index contributed by atoms with van der Waals surface area (Å²) in [5, 5.41) is 9.71. The lowest BCUT2D eigenvalue weighted by molar-refractivity contribution is 0.313. The Labute approximate surface area is 169 Å². The predicted molar refractivity (Wildman–Crippen MR) is 115 cm³/mol. The Morgan fingerprint density at radius 3 is 2.45 bits per heavy atom. The molecule has 5 rings (SSSR count). The van der Waals surface area contributed by atoms with Crippen molar-refractivity contribution in [1.82, 2.24) is 15.1 Å². The standard InChI is InChI=1S/C22H22N4O2S/c1-25-10-12-26(13-11-25)18-7-9-21-20(15-18)22(24-23-21)29(27,28)19-8-6-16-4-2-3-5-17(16)14-19/h2-9,14-15H,10-13H2,1H3,(H,23,24). The van der Waals surface area contributed by atoms with Gasteiger partial charge in [-0.1, -0.05) is 30.3 Å². The normalized spacial score (nSPS) is 16.0. The molecule has 0 saturated carbocycles. The third-order valence-corrected chi connectivity index (χ3v) is 7.39. The minimum absolute atomic E-state index is 0.152. The van der Waals surface area contributed by atoms with Crippen LogP contribution in [0.15, 0.2) is 70.6 Å². The highest BCUT2D eigenvalue weighted by Gasteiger charge is 2.24. The monoisotopic (exact) mass is 406 g/mol. The fourth-order valence-electron chi connectivity index (χ4n) is 3.89. The maximum Gasteiger partial charge on any atom is 0.223 e. The molecule has 1 aliphatic rings. The van der Waals surface area contributed by atoms with E-state index < -0.39 is 9.84 Å². The number of H-pyrrole nitrogens is 1. The van der Waals surface area contributed by atoms with Crippen molar-refractivity contribution in [2.45, 2.75) is 9.92 Å². The van der Waals surface area contributed by atoms with Crippen molar-refractivity contribution in [2.24, 2.45) is 0 Å². The average molecular weight is 407 g/mol. The molecule has 7 heteroatoms. The number of aromatic nitrogens is 2. The van der Waals surface area contributed by atoms with E-state index in [-0.39, 0.29) is 9.92 Å². The number of anilines is 1. The third-order valence-electron chi connectivity index (χ3n) is 5.67. The van der Waals surface area contributed by atoms with E-state index in [1.807, 2.05) is 48.5 Å². The molecular weight excluding hydrogens is 384 g/mol. The average Bonchev–Trinajstić information content (AvgIpc) is 3.18. The Morgan fingerprint density at radius 2 is 1.66 bits per heavy atom. The van der Waals surface area contributed by atoms with Gasteiger partial charge in [-0.2, -0.15) is 5.10 Å². The highest BCUT2D eigenvalue weighted by Crippen LogP contribution is 2.31. The topological polar surface area (TPSA) is 69.3 Å². The number of rotatable bonds is 3. The van der Waals surface area contributed by atoms with Gasteiger partial charge in [0.2, 0.25) is 9.84 Å². The molecule has 0 spiro atoms. The number of aromatic amines is 1. The summed E-state index contributed by atoms with van der Waals surface area (Å²) in [4.78, 5) is 4.85. The second-order valence-corrected chi connectivity index (χ2v) is 9.44. The van der Waals surface area contributed by atoms with Crippen molar-refractivity contribution >= 4 is 37.2 Å². The summed E-state index contributed by atoms with van der Waals surface area (Å²) in [5.41, 5.74) is 1.68. The second kappa shape index (κ2) is 6.86. The summed E-state index contributed by atoms with van der Waals surface area (Å²) < 4.78 is 26.8. The molecule has 4 aromatic rings. The Kier molecular flexibility index (Phi) is 4.29. The van der Waals surface area contributed by atoms with Crippen LogP contribution in [0.4, 0.5) is 5.69 Å². The van der Waals surface area contributed by atoms with E-state index in [1.165, 1.54) is 0 Å². The number of benzene rings is 3. The van der Waals surface area contributed by atoms with E-state index in [0.29, 0.717) is 10.9 Å². The van der Waals surface area contributed by atoms with Crippen molar-refractivity contribution in [2.75, 3.05) is 38.1 Å². The number of likely N-dealkylation sites (N-methyl/N-ethyl adjacent to an activating group) is 1. The van der Waals surface area contributed by atoms with E-state index >= 15 is 0 Å². The Balaban J connectivity index is 1.58. The van der Waals surface area contributed by atoms with Gasteiger partial charge in [-0.3, -0.25) is 5.10 Å². The highest BCUT2D eigenvalue weighted by molar-refractivity contribution is 7.91. The molecule has 0 radical (unpaired) electrons. The van der Waals surface area contributed by atoms with Crippen LogP contribution in [0.1, 0.15) is 0 Å². The van der Waals surface area contributed by atoms with E-state index in [1.54, 1.807) is 12.1 Å². The Bertz CT molecular complexity index is 1300. The van der Waals surface area contributed by atoms with E-state index in [4.69, 9.17) is 0 Å². The number of nitrogens with zero attached hydrogens (tertiary/aromatic N) is 3. The maximum atomic E-state index is 13.4. The summed E-state index contributed by atoms with van der Waals surface area (Å²) in [6.07, 6.45) is 0. The molecule has 1 fully saturated rings. The van der Waals surface area contributed by atoms with Crippen molar-refractivity contribution in [3.8, 4) is 0 Å². The van der Waals surface area contributed by atoms with Crippen molar-refractivity contribution in [3.05, 3.63) is 60.7 Å². The molecular formula is C22H22N4O2S. The quantitative estimate of drug-likeness (QED) is 0.565. The summed E-state index contributed by atoms with van der Waals surface area (Å²) in [6.45, 7) is 3.83. The summed E-state index contributed by atoms with van der Waals surface area (Å²) in [6, 6.07) is 18.8. The molecule has 148 valence electrons. The first-order chi connectivity index (χ1) is 14.0.